The van der Waals surface area contributed by atoms with Crippen molar-refractivity contribution in [1.82, 2.24) is 20.9 Å². The SMILES string of the molecule is CC(NC(=O)C(Cc1c[nH]c2ccccc12)NC(=O)C(C)NC(=O)C(N)CC(N)=O)C(=O)O. The normalized spacial score (nSPS) is 14.5. The molecular weight excluding hydrogens is 432 g/mol. The fraction of sp³-hybridized carbons (Fsp3) is 0.381. The first-order valence-electron chi connectivity index (χ1n) is 10.2. The lowest BCUT2D eigenvalue weighted by Crippen LogP contribution is -2.56. The number of primary amides is 1. The second-order valence-electron chi connectivity index (χ2n) is 7.70. The number of amides is 4. The second kappa shape index (κ2) is 11.1. The summed E-state index contributed by atoms with van der Waals surface area (Å²) in [6.07, 6.45) is 1.38. The molecule has 0 saturated carbocycles. The van der Waals surface area contributed by atoms with Crippen LogP contribution >= 0.6 is 0 Å². The molecule has 1 heterocycles. The van der Waals surface area contributed by atoms with Gasteiger partial charge in [-0.2, -0.15) is 0 Å². The van der Waals surface area contributed by atoms with Gasteiger partial charge in [0.25, 0.3) is 0 Å². The molecule has 4 atom stereocenters. The summed E-state index contributed by atoms with van der Waals surface area (Å²) >= 11 is 0. The van der Waals surface area contributed by atoms with Crippen LogP contribution < -0.4 is 27.4 Å². The predicted octanol–water partition coefficient (Wildman–Crippen LogP) is -1.51. The number of aromatic nitrogens is 1. The van der Waals surface area contributed by atoms with Gasteiger partial charge in [-0.05, 0) is 25.5 Å². The molecule has 9 N–H and O–H groups in total. The minimum atomic E-state index is -1.23. The van der Waals surface area contributed by atoms with Crippen LogP contribution in [0.2, 0.25) is 0 Å². The third kappa shape index (κ3) is 7.04. The Morgan fingerprint density at radius 3 is 2.24 bits per heavy atom. The summed E-state index contributed by atoms with van der Waals surface area (Å²) in [4.78, 5) is 62.7. The van der Waals surface area contributed by atoms with Crippen molar-refractivity contribution in [2.75, 3.05) is 0 Å². The number of carbonyl (C=O) groups is 5. The van der Waals surface area contributed by atoms with Gasteiger partial charge in [0.15, 0.2) is 0 Å². The number of carbonyl (C=O) groups excluding carboxylic acids is 4. The van der Waals surface area contributed by atoms with Gasteiger partial charge >= 0.3 is 5.97 Å². The number of H-pyrrole nitrogens is 1. The third-order valence-electron chi connectivity index (χ3n) is 4.97. The highest BCUT2D eigenvalue weighted by Crippen LogP contribution is 2.19. The number of hydrogen-bond donors (Lipinski definition) is 7. The molecule has 2 aromatic rings. The molecule has 178 valence electrons. The highest BCUT2D eigenvalue weighted by Gasteiger charge is 2.28. The average Bonchev–Trinajstić information content (AvgIpc) is 3.15. The first-order valence-corrected chi connectivity index (χ1v) is 10.2. The standard InChI is InChI=1S/C21H28N6O6/c1-10(25-19(30)14(22)8-17(23)28)18(29)27-16(20(31)26-11(2)21(32)33)7-12-9-24-15-6-4-3-5-13(12)15/h3-6,9-11,14,16,24H,7-8,22H2,1-2H3,(H2,23,28)(H,25,30)(H,26,31)(H,27,29)(H,32,33). The lowest BCUT2D eigenvalue weighted by atomic mass is 10.0. The number of nitrogens with one attached hydrogen (secondary N) is 4. The number of benzene rings is 1. The van der Waals surface area contributed by atoms with Crippen LogP contribution in [-0.4, -0.2) is 63.9 Å². The monoisotopic (exact) mass is 460 g/mol. The minimum absolute atomic E-state index is 0.0653. The van der Waals surface area contributed by atoms with Gasteiger partial charge in [0.05, 0.1) is 12.5 Å². The molecule has 4 amide bonds. The molecule has 2 rings (SSSR count). The second-order valence-corrected chi connectivity index (χ2v) is 7.70. The Bertz CT molecular complexity index is 1050. The Morgan fingerprint density at radius 1 is 0.970 bits per heavy atom. The number of nitrogens with two attached hydrogens (primary N) is 2. The number of hydrogen-bond acceptors (Lipinski definition) is 6. The third-order valence-corrected chi connectivity index (χ3v) is 4.97. The Labute approximate surface area is 189 Å². The van der Waals surface area contributed by atoms with Crippen LogP contribution in [0.25, 0.3) is 10.9 Å². The summed E-state index contributed by atoms with van der Waals surface area (Å²) in [6.45, 7) is 2.68. The molecule has 12 heteroatoms. The van der Waals surface area contributed by atoms with Crippen LogP contribution in [0.4, 0.5) is 0 Å². The maximum atomic E-state index is 12.8. The lowest BCUT2D eigenvalue weighted by molar-refractivity contribution is -0.141. The van der Waals surface area contributed by atoms with Crippen molar-refractivity contribution in [1.29, 1.82) is 0 Å². The molecule has 0 bridgehead atoms. The molecule has 0 radical (unpaired) electrons. The molecular formula is C21H28N6O6. The van der Waals surface area contributed by atoms with Crippen LogP contribution in [0.1, 0.15) is 25.8 Å². The number of aromatic amines is 1. The Kier molecular flexibility index (Phi) is 8.51. The van der Waals surface area contributed by atoms with Crippen LogP contribution in [0.3, 0.4) is 0 Å². The van der Waals surface area contributed by atoms with Crippen molar-refractivity contribution in [3.05, 3.63) is 36.0 Å². The molecule has 1 aromatic heterocycles. The highest BCUT2D eigenvalue weighted by molar-refractivity contribution is 5.95. The maximum absolute atomic E-state index is 12.8. The number of aliphatic carboxylic acids is 1. The highest BCUT2D eigenvalue weighted by atomic mass is 16.4. The van der Waals surface area contributed by atoms with Gasteiger partial charge in [0.1, 0.15) is 18.1 Å². The molecule has 0 spiro atoms. The molecule has 0 saturated heterocycles. The van der Waals surface area contributed by atoms with Crippen molar-refractivity contribution < 1.29 is 29.1 Å². The van der Waals surface area contributed by atoms with Gasteiger partial charge in [0.2, 0.25) is 23.6 Å². The topological polar surface area (TPSA) is 210 Å². The van der Waals surface area contributed by atoms with E-state index in [0.29, 0.717) is 0 Å². The van der Waals surface area contributed by atoms with Crippen molar-refractivity contribution >= 4 is 40.5 Å². The fourth-order valence-electron chi connectivity index (χ4n) is 3.10. The van der Waals surface area contributed by atoms with Crippen molar-refractivity contribution in [3.8, 4) is 0 Å². The van der Waals surface area contributed by atoms with E-state index in [-0.39, 0.29) is 6.42 Å². The van der Waals surface area contributed by atoms with Gasteiger partial charge in [-0.1, -0.05) is 18.2 Å². The molecule has 0 aliphatic carbocycles. The molecule has 1 aromatic carbocycles. The molecule has 12 nitrogen and oxygen atoms in total. The smallest absolute Gasteiger partial charge is 0.325 e. The van der Waals surface area contributed by atoms with Crippen LogP contribution in [0.5, 0.6) is 0 Å². The number of carboxylic acid groups (broad SMARTS) is 1. The van der Waals surface area contributed by atoms with E-state index in [4.69, 9.17) is 16.6 Å². The van der Waals surface area contributed by atoms with Gasteiger partial charge in [0, 0.05) is 23.5 Å². The van der Waals surface area contributed by atoms with Crippen LogP contribution in [0.15, 0.2) is 30.5 Å². The van der Waals surface area contributed by atoms with E-state index in [1.54, 1.807) is 6.20 Å². The maximum Gasteiger partial charge on any atom is 0.325 e. The Hall–Kier alpha value is -3.93. The van der Waals surface area contributed by atoms with E-state index in [0.717, 1.165) is 16.5 Å². The average molecular weight is 460 g/mol. The number of carboxylic acids is 1. The summed E-state index contributed by atoms with van der Waals surface area (Å²) in [7, 11) is 0. The van der Waals surface area contributed by atoms with E-state index in [1.165, 1.54) is 13.8 Å². The number of rotatable bonds is 11. The number of fused-ring (bicyclic) bond motifs is 1. The first kappa shape index (κ1) is 25.3. The molecule has 4 unspecified atom stereocenters. The summed E-state index contributed by atoms with van der Waals surface area (Å²) < 4.78 is 0. The largest absolute Gasteiger partial charge is 0.480 e. The van der Waals surface area contributed by atoms with E-state index >= 15 is 0 Å². The summed E-state index contributed by atoms with van der Waals surface area (Å²) in [5.74, 6) is -4.15. The van der Waals surface area contributed by atoms with E-state index < -0.39 is 60.2 Å². The summed E-state index contributed by atoms with van der Waals surface area (Å²) in [6, 6.07) is 2.75. The van der Waals surface area contributed by atoms with Crippen molar-refractivity contribution in [3.63, 3.8) is 0 Å². The Morgan fingerprint density at radius 2 is 1.61 bits per heavy atom. The zero-order valence-corrected chi connectivity index (χ0v) is 18.3. The molecule has 33 heavy (non-hydrogen) atoms. The van der Waals surface area contributed by atoms with Gasteiger partial charge in [-0.25, -0.2) is 0 Å². The van der Waals surface area contributed by atoms with Crippen molar-refractivity contribution in [2.45, 2.75) is 50.9 Å². The van der Waals surface area contributed by atoms with Gasteiger partial charge in [-0.15, -0.1) is 0 Å². The van der Waals surface area contributed by atoms with Crippen LogP contribution in [0, 0.1) is 0 Å². The number of para-hydroxylation sites is 1. The fourth-order valence-corrected chi connectivity index (χ4v) is 3.10. The zero-order valence-electron chi connectivity index (χ0n) is 18.3. The predicted molar refractivity (Wildman–Crippen MR) is 119 cm³/mol. The van der Waals surface area contributed by atoms with E-state index in [1.807, 2.05) is 24.3 Å². The van der Waals surface area contributed by atoms with Gasteiger partial charge in [-0.3, -0.25) is 24.0 Å². The van der Waals surface area contributed by atoms with Crippen molar-refractivity contribution in [2.24, 2.45) is 11.5 Å². The summed E-state index contributed by atoms with van der Waals surface area (Å²) in [5.41, 5.74) is 12.2. The summed E-state index contributed by atoms with van der Waals surface area (Å²) in [5, 5.41) is 17.2. The van der Waals surface area contributed by atoms with E-state index in [2.05, 4.69) is 20.9 Å². The molecule has 0 aliphatic heterocycles. The molecule has 0 aliphatic rings. The molecule has 0 fully saturated rings. The van der Waals surface area contributed by atoms with Crippen LogP contribution in [-0.2, 0) is 30.4 Å². The first-order chi connectivity index (χ1) is 15.5. The van der Waals surface area contributed by atoms with Gasteiger partial charge < -0.3 is 37.5 Å². The Balaban J connectivity index is 2.16. The van der Waals surface area contributed by atoms with E-state index in [9.17, 15) is 24.0 Å². The minimum Gasteiger partial charge on any atom is -0.480 e. The lowest BCUT2D eigenvalue weighted by Gasteiger charge is -2.23. The quantitative estimate of drug-likeness (QED) is 0.210. The zero-order chi connectivity index (χ0) is 24.7.